The van der Waals surface area contributed by atoms with Crippen molar-refractivity contribution in [3.63, 3.8) is 0 Å². The molecule has 2 fully saturated rings. The quantitative estimate of drug-likeness (QED) is 0.442. The maximum Gasteiger partial charge on any atom is -0.0143 e. The van der Waals surface area contributed by atoms with Crippen LogP contribution in [0.4, 0.5) is 0 Å². The average Bonchev–Trinajstić information content (AvgIpc) is 2.98. The van der Waals surface area contributed by atoms with Crippen LogP contribution in [0, 0.1) is 29.1 Å². The molecule has 0 amide bonds. The Kier molecular flexibility index (Phi) is 6.88. The Labute approximate surface area is 168 Å². The third kappa shape index (κ3) is 4.69. The second kappa shape index (κ2) is 8.97. The SMILES string of the molecule is C=C1CCC=C/C1=C/C=C1\CCC[C@]2(C)[C@@H]([C@H](C)CCCC(C)C)CC[C@@H]12. The van der Waals surface area contributed by atoms with Crippen molar-refractivity contribution < 1.29 is 0 Å². The molecular formula is C27H42. The van der Waals surface area contributed by atoms with Crippen molar-refractivity contribution >= 4 is 0 Å². The molecule has 0 spiro atoms. The topological polar surface area (TPSA) is 0 Å². The lowest BCUT2D eigenvalue weighted by Crippen LogP contribution is -2.36. The predicted molar refractivity (Wildman–Crippen MR) is 120 cm³/mol. The summed E-state index contributed by atoms with van der Waals surface area (Å²) in [6.45, 7) is 14.2. The summed E-state index contributed by atoms with van der Waals surface area (Å²) in [5, 5.41) is 0. The molecule has 3 aliphatic rings. The van der Waals surface area contributed by atoms with Gasteiger partial charge in [-0.15, -0.1) is 0 Å². The molecule has 4 atom stereocenters. The van der Waals surface area contributed by atoms with Gasteiger partial charge in [-0.1, -0.05) is 83.4 Å². The Morgan fingerprint density at radius 1 is 1.15 bits per heavy atom. The molecule has 3 aliphatic carbocycles. The zero-order valence-electron chi connectivity index (χ0n) is 18.4. The molecule has 0 radical (unpaired) electrons. The molecule has 0 aromatic heterocycles. The summed E-state index contributed by atoms with van der Waals surface area (Å²) in [5.74, 6) is 3.49. The van der Waals surface area contributed by atoms with Crippen LogP contribution in [0.1, 0.15) is 91.9 Å². The molecule has 0 aromatic carbocycles. The van der Waals surface area contributed by atoms with E-state index in [9.17, 15) is 0 Å². The Morgan fingerprint density at radius 3 is 2.70 bits per heavy atom. The van der Waals surface area contributed by atoms with Crippen molar-refractivity contribution in [1.29, 1.82) is 0 Å². The average molecular weight is 367 g/mol. The zero-order valence-corrected chi connectivity index (χ0v) is 18.4. The van der Waals surface area contributed by atoms with Crippen LogP contribution in [0.2, 0.25) is 0 Å². The summed E-state index contributed by atoms with van der Waals surface area (Å²) < 4.78 is 0. The highest BCUT2D eigenvalue weighted by Gasteiger charge is 2.50. The number of fused-ring (bicyclic) bond motifs is 1. The van der Waals surface area contributed by atoms with Gasteiger partial charge in [0.05, 0.1) is 0 Å². The second-order valence-electron chi connectivity index (χ2n) is 10.3. The van der Waals surface area contributed by atoms with Gasteiger partial charge in [-0.05, 0) is 85.2 Å². The van der Waals surface area contributed by atoms with Gasteiger partial charge < -0.3 is 0 Å². The molecule has 3 rings (SSSR count). The lowest BCUT2D eigenvalue weighted by atomic mass is 9.60. The Hall–Kier alpha value is -1.04. The van der Waals surface area contributed by atoms with E-state index in [0.29, 0.717) is 5.41 Å². The molecule has 0 aliphatic heterocycles. The molecule has 2 saturated carbocycles. The largest absolute Gasteiger partial charge is 0.0952 e. The molecule has 0 heterocycles. The summed E-state index contributed by atoms with van der Waals surface area (Å²) in [5.41, 5.74) is 4.95. The highest BCUT2D eigenvalue weighted by Crippen LogP contribution is 2.59. The predicted octanol–water partition coefficient (Wildman–Crippen LogP) is 8.42. The molecule has 0 heteroatoms. The van der Waals surface area contributed by atoms with Crippen LogP contribution < -0.4 is 0 Å². The van der Waals surface area contributed by atoms with Crippen LogP contribution in [0.3, 0.4) is 0 Å². The maximum absolute atomic E-state index is 4.27. The molecular weight excluding hydrogens is 324 g/mol. The Morgan fingerprint density at radius 2 is 1.96 bits per heavy atom. The summed E-state index contributed by atoms with van der Waals surface area (Å²) in [4.78, 5) is 0. The van der Waals surface area contributed by atoms with Crippen molar-refractivity contribution in [2.45, 2.75) is 91.9 Å². The van der Waals surface area contributed by atoms with Gasteiger partial charge in [-0.2, -0.15) is 0 Å². The minimum atomic E-state index is 0.541. The van der Waals surface area contributed by atoms with Crippen LogP contribution in [-0.2, 0) is 0 Å². The number of rotatable bonds is 6. The standard InChI is InChI=1S/C27H42/c1-20(2)10-8-12-22(4)25-17-18-26-24(14-9-19-27(25,26)5)16-15-23-13-7-6-11-21(23)3/h7,13,15-16,20,22,25-26H,3,6,8-12,14,17-19H2,1-2,4-5H3/b23-15-,24-16+/t22-,25-,26+,27-/m1/s1. The van der Waals surface area contributed by atoms with E-state index in [4.69, 9.17) is 0 Å². The van der Waals surface area contributed by atoms with Crippen LogP contribution in [-0.4, -0.2) is 0 Å². The lowest BCUT2D eigenvalue weighted by Gasteiger charge is -2.44. The van der Waals surface area contributed by atoms with E-state index in [1.165, 1.54) is 62.5 Å². The first-order valence-corrected chi connectivity index (χ1v) is 11.7. The van der Waals surface area contributed by atoms with Crippen molar-refractivity contribution in [2.24, 2.45) is 29.1 Å². The fourth-order valence-electron chi connectivity index (χ4n) is 6.36. The Balaban J connectivity index is 1.70. The van der Waals surface area contributed by atoms with Crippen LogP contribution in [0.25, 0.3) is 0 Å². The number of allylic oxidation sites excluding steroid dienone is 7. The monoisotopic (exact) mass is 366 g/mol. The first-order valence-electron chi connectivity index (χ1n) is 11.7. The normalized spacial score (nSPS) is 35.2. The first-order chi connectivity index (χ1) is 12.9. The summed E-state index contributed by atoms with van der Waals surface area (Å²) >= 11 is 0. The van der Waals surface area contributed by atoms with Gasteiger partial charge in [0.25, 0.3) is 0 Å². The smallest absolute Gasteiger partial charge is 0.0143 e. The van der Waals surface area contributed by atoms with Gasteiger partial charge >= 0.3 is 0 Å². The maximum atomic E-state index is 4.27. The summed E-state index contributed by atoms with van der Waals surface area (Å²) in [6.07, 6.45) is 23.0. The van der Waals surface area contributed by atoms with E-state index in [2.05, 4.69) is 58.6 Å². The highest BCUT2D eigenvalue weighted by atomic mass is 14.5. The summed E-state index contributed by atoms with van der Waals surface area (Å²) in [7, 11) is 0. The fourth-order valence-corrected chi connectivity index (χ4v) is 6.36. The van der Waals surface area contributed by atoms with Gasteiger partial charge in [0.15, 0.2) is 0 Å². The van der Waals surface area contributed by atoms with Gasteiger partial charge in [-0.25, -0.2) is 0 Å². The molecule has 0 bridgehead atoms. The molecule has 0 aromatic rings. The number of hydrogen-bond acceptors (Lipinski definition) is 0. The molecule has 0 N–H and O–H groups in total. The minimum absolute atomic E-state index is 0.541. The van der Waals surface area contributed by atoms with Crippen LogP contribution in [0.15, 0.2) is 47.6 Å². The van der Waals surface area contributed by atoms with E-state index in [1.807, 2.05) is 0 Å². The minimum Gasteiger partial charge on any atom is -0.0952 e. The van der Waals surface area contributed by atoms with E-state index in [1.54, 1.807) is 5.57 Å². The summed E-state index contributed by atoms with van der Waals surface area (Å²) in [6, 6.07) is 0. The molecule has 0 nitrogen and oxygen atoms in total. The van der Waals surface area contributed by atoms with Crippen molar-refractivity contribution in [3.05, 3.63) is 47.6 Å². The van der Waals surface area contributed by atoms with Gasteiger partial charge in [0.2, 0.25) is 0 Å². The van der Waals surface area contributed by atoms with Crippen molar-refractivity contribution in [3.8, 4) is 0 Å². The molecule has 27 heavy (non-hydrogen) atoms. The van der Waals surface area contributed by atoms with E-state index in [-0.39, 0.29) is 0 Å². The van der Waals surface area contributed by atoms with Crippen molar-refractivity contribution in [1.82, 2.24) is 0 Å². The highest BCUT2D eigenvalue weighted by molar-refractivity contribution is 5.43. The van der Waals surface area contributed by atoms with Gasteiger partial charge in [0.1, 0.15) is 0 Å². The lowest BCUT2D eigenvalue weighted by molar-refractivity contribution is 0.0929. The van der Waals surface area contributed by atoms with Crippen LogP contribution >= 0.6 is 0 Å². The zero-order chi connectivity index (χ0) is 19.4. The van der Waals surface area contributed by atoms with E-state index in [0.717, 1.165) is 36.5 Å². The molecule has 0 saturated heterocycles. The van der Waals surface area contributed by atoms with Crippen LogP contribution in [0.5, 0.6) is 0 Å². The third-order valence-corrected chi connectivity index (χ3v) is 7.96. The Bertz CT molecular complexity index is 614. The van der Waals surface area contributed by atoms with E-state index >= 15 is 0 Å². The second-order valence-corrected chi connectivity index (χ2v) is 10.3. The molecule has 0 unspecified atom stereocenters. The first kappa shape index (κ1) is 20.7. The van der Waals surface area contributed by atoms with Gasteiger partial charge in [0, 0.05) is 0 Å². The third-order valence-electron chi connectivity index (χ3n) is 7.96. The van der Waals surface area contributed by atoms with Gasteiger partial charge in [-0.3, -0.25) is 0 Å². The number of hydrogen-bond donors (Lipinski definition) is 0. The molecule has 150 valence electrons. The fraction of sp³-hybridized carbons (Fsp3) is 0.704. The van der Waals surface area contributed by atoms with E-state index < -0.39 is 0 Å². The van der Waals surface area contributed by atoms with Crippen molar-refractivity contribution in [2.75, 3.05) is 0 Å².